The molecule has 0 unspecified atom stereocenters. The highest BCUT2D eigenvalue weighted by Gasteiger charge is 2.11. The van der Waals surface area contributed by atoms with Gasteiger partial charge in [-0.3, -0.25) is 4.98 Å². The summed E-state index contributed by atoms with van der Waals surface area (Å²) in [5.41, 5.74) is 3.39. The SMILES string of the molecule is Cc1nc(C)c2nonc2c1I. The number of hydrogen-bond donors (Lipinski definition) is 0. The van der Waals surface area contributed by atoms with Gasteiger partial charge >= 0.3 is 0 Å². The monoisotopic (exact) mass is 275 g/mol. The van der Waals surface area contributed by atoms with Crippen molar-refractivity contribution in [2.75, 3.05) is 0 Å². The van der Waals surface area contributed by atoms with Crippen LogP contribution in [0, 0.1) is 17.4 Å². The minimum absolute atomic E-state index is 0.755. The van der Waals surface area contributed by atoms with Crippen LogP contribution in [0.2, 0.25) is 0 Å². The molecule has 0 saturated heterocycles. The summed E-state index contributed by atoms with van der Waals surface area (Å²) in [6, 6.07) is 0. The van der Waals surface area contributed by atoms with Gasteiger partial charge in [-0.1, -0.05) is 0 Å². The number of nitrogens with zero attached hydrogens (tertiary/aromatic N) is 3. The van der Waals surface area contributed by atoms with E-state index >= 15 is 0 Å². The molecule has 2 rings (SSSR count). The van der Waals surface area contributed by atoms with Crippen LogP contribution < -0.4 is 0 Å². The largest absolute Gasteiger partial charge is 0.255 e. The van der Waals surface area contributed by atoms with Crippen LogP contribution in [0.5, 0.6) is 0 Å². The van der Waals surface area contributed by atoms with Crippen LogP contribution in [-0.2, 0) is 0 Å². The molecule has 2 aromatic rings. The number of fused-ring (bicyclic) bond motifs is 1. The topological polar surface area (TPSA) is 51.8 Å². The number of hydrogen-bond acceptors (Lipinski definition) is 4. The Morgan fingerprint density at radius 1 is 1.08 bits per heavy atom. The van der Waals surface area contributed by atoms with Crippen LogP contribution >= 0.6 is 22.6 Å². The van der Waals surface area contributed by atoms with Crippen molar-refractivity contribution in [1.29, 1.82) is 0 Å². The Hall–Kier alpha value is -0.720. The molecule has 0 aliphatic rings. The van der Waals surface area contributed by atoms with Crippen LogP contribution in [0.4, 0.5) is 0 Å². The lowest BCUT2D eigenvalue weighted by Crippen LogP contribution is -1.92. The second-order valence-corrected chi connectivity index (χ2v) is 3.64. The van der Waals surface area contributed by atoms with Crippen molar-refractivity contribution in [2.24, 2.45) is 0 Å². The van der Waals surface area contributed by atoms with Crippen molar-refractivity contribution >= 4 is 33.6 Å². The highest BCUT2D eigenvalue weighted by atomic mass is 127. The maximum Gasteiger partial charge on any atom is 0.157 e. The van der Waals surface area contributed by atoms with E-state index in [-0.39, 0.29) is 0 Å². The average molecular weight is 275 g/mol. The molecule has 5 heteroatoms. The predicted octanol–water partition coefficient (Wildman–Crippen LogP) is 1.84. The molecule has 0 atom stereocenters. The maximum atomic E-state index is 4.64. The standard InChI is InChI=1S/C7H6IN3O/c1-3-5(8)7-6(4(2)9-3)10-12-11-7/h1-2H3. The van der Waals surface area contributed by atoms with Crippen molar-refractivity contribution in [3.63, 3.8) is 0 Å². The van der Waals surface area contributed by atoms with Crippen LogP contribution in [-0.4, -0.2) is 15.3 Å². The number of pyridine rings is 1. The Morgan fingerprint density at radius 3 is 2.50 bits per heavy atom. The first-order valence-corrected chi connectivity index (χ1v) is 4.53. The zero-order chi connectivity index (χ0) is 8.72. The van der Waals surface area contributed by atoms with E-state index < -0.39 is 0 Å². The fourth-order valence-electron chi connectivity index (χ4n) is 1.09. The first-order chi connectivity index (χ1) is 5.70. The van der Waals surface area contributed by atoms with Crippen molar-refractivity contribution in [3.8, 4) is 0 Å². The van der Waals surface area contributed by atoms with E-state index in [1.807, 2.05) is 13.8 Å². The molecule has 0 amide bonds. The van der Waals surface area contributed by atoms with E-state index in [0.29, 0.717) is 0 Å². The summed E-state index contributed by atoms with van der Waals surface area (Å²) < 4.78 is 5.65. The van der Waals surface area contributed by atoms with Gasteiger partial charge in [0.25, 0.3) is 0 Å². The fraction of sp³-hybridized carbons (Fsp3) is 0.286. The van der Waals surface area contributed by atoms with Crippen molar-refractivity contribution in [1.82, 2.24) is 15.3 Å². The van der Waals surface area contributed by atoms with E-state index in [2.05, 4.69) is 42.5 Å². The summed E-state index contributed by atoms with van der Waals surface area (Å²) in [6.45, 7) is 3.85. The van der Waals surface area contributed by atoms with Crippen LogP contribution in [0.25, 0.3) is 11.0 Å². The summed E-state index contributed by atoms with van der Waals surface area (Å²) in [6.07, 6.45) is 0. The molecule has 0 bridgehead atoms. The summed E-state index contributed by atoms with van der Waals surface area (Å²) in [5.74, 6) is 0. The van der Waals surface area contributed by atoms with Crippen LogP contribution in [0.1, 0.15) is 11.4 Å². The van der Waals surface area contributed by atoms with Crippen LogP contribution in [0.15, 0.2) is 4.63 Å². The molecule has 0 aliphatic carbocycles. The Kier molecular flexibility index (Phi) is 1.75. The van der Waals surface area contributed by atoms with Crippen molar-refractivity contribution in [2.45, 2.75) is 13.8 Å². The molecule has 0 fully saturated rings. The zero-order valence-electron chi connectivity index (χ0n) is 6.63. The Bertz CT molecular complexity index is 437. The van der Waals surface area contributed by atoms with Gasteiger partial charge in [0.1, 0.15) is 0 Å². The van der Waals surface area contributed by atoms with Gasteiger partial charge in [-0.15, -0.1) is 0 Å². The number of aryl methyl sites for hydroxylation is 2. The van der Waals surface area contributed by atoms with E-state index in [1.165, 1.54) is 0 Å². The summed E-state index contributed by atoms with van der Waals surface area (Å²) in [4.78, 5) is 4.30. The van der Waals surface area contributed by atoms with E-state index in [9.17, 15) is 0 Å². The van der Waals surface area contributed by atoms with Gasteiger partial charge in [0, 0.05) is 0 Å². The number of halogens is 1. The van der Waals surface area contributed by atoms with Gasteiger partial charge in [-0.25, -0.2) is 4.63 Å². The fourth-order valence-corrected chi connectivity index (χ4v) is 1.57. The van der Waals surface area contributed by atoms with Gasteiger partial charge in [0.15, 0.2) is 11.0 Å². The van der Waals surface area contributed by atoms with E-state index in [4.69, 9.17) is 0 Å². The molecule has 0 aliphatic heterocycles. The highest BCUT2D eigenvalue weighted by molar-refractivity contribution is 14.1. The third-order valence-corrected chi connectivity index (χ3v) is 2.98. The second-order valence-electron chi connectivity index (χ2n) is 2.56. The normalized spacial score (nSPS) is 10.9. The highest BCUT2D eigenvalue weighted by Crippen LogP contribution is 2.21. The van der Waals surface area contributed by atoms with E-state index in [0.717, 1.165) is 26.0 Å². The van der Waals surface area contributed by atoms with Crippen molar-refractivity contribution < 1.29 is 4.63 Å². The van der Waals surface area contributed by atoms with Gasteiger partial charge in [-0.05, 0) is 46.8 Å². The lowest BCUT2D eigenvalue weighted by Gasteiger charge is -1.97. The Balaban J connectivity index is 2.97. The molecule has 12 heavy (non-hydrogen) atoms. The molecular weight excluding hydrogens is 269 g/mol. The minimum atomic E-state index is 0.755. The van der Waals surface area contributed by atoms with Gasteiger partial charge in [0.2, 0.25) is 0 Å². The first-order valence-electron chi connectivity index (χ1n) is 3.45. The van der Waals surface area contributed by atoms with Gasteiger partial charge in [0.05, 0.1) is 15.0 Å². The molecule has 0 spiro atoms. The molecule has 4 nitrogen and oxygen atoms in total. The summed E-state index contributed by atoms with van der Waals surface area (Å²) in [7, 11) is 0. The summed E-state index contributed by atoms with van der Waals surface area (Å²) >= 11 is 2.19. The van der Waals surface area contributed by atoms with E-state index in [1.54, 1.807) is 0 Å². The molecule has 0 N–H and O–H groups in total. The van der Waals surface area contributed by atoms with Crippen molar-refractivity contribution in [3.05, 3.63) is 15.0 Å². The van der Waals surface area contributed by atoms with Gasteiger partial charge < -0.3 is 0 Å². The van der Waals surface area contributed by atoms with Crippen LogP contribution in [0.3, 0.4) is 0 Å². The number of aromatic nitrogens is 3. The molecule has 0 saturated carbocycles. The molecule has 2 aromatic heterocycles. The molecular formula is C7H6IN3O. The maximum absolute atomic E-state index is 4.64. The minimum Gasteiger partial charge on any atom is -0.255 e. The number of rotatable bonds is 0. The third-order valence-electron chi connectivity index (χ3n) is 1.69. The smallest absolute Gasteiger partial charge is 0.157 e. The Morgan fingerprint density at radius 2 is 1.75 bits per heavy atom. The lowest BCUT2D eigenvalue weighted by molar-refractivity contribution is 0.315. The summed E-state index contributed by atoms with van der Waals surface area (Å²) in [5, 5.41) is 7.57. The van der Waals surface area contributed by atoms with Gasteiger partial charge in [-0.2, -0.15) is 0 Å². The zero-order valence-corrected chi connectivity index (χ0v) is 8.79. The molecule has 62 valence electrons. The average Bonchev–Trinajstić information content (AvgIpc) is 2.48. The molecule has 0 aromatic carbocycles. The first kappa shape index (κ1) is 7.90. The third kappa shape index (κ3) is 0.996. The predicted molar refractivity (Wildman–Crippen MR) is 51.8 cm³/mol. The quantitative estimate of drug-likeness (QED) is 0.688. The Labute approximate surface area is 82.5 Å². The second kappa shape index (κ2) is 2.65. The molecule has 0 radical (unpaired) electrons. The lowest BCUT2D eigenvalue weighted by atomic mass is 10.3. The molecule has 2 heterocycles.